The lowest BCUT2D eigenvalue weighted by molar-refractivity contribution is -0.155. The summed E-state index contributed by atoms with van der Waals surface area (Å²) in [7, 11) is 1.46. The highest BCUT2D eigenvalue weighted by molar-refractivity contribution is 5.83. The van der Waals surface area contributed by atoms with Crippen LogP contribution >= 0.6 is 0 Å². The summed E-state index contributed by atoms with van der Waals surface area (Å²) in [6.07, 6.45) is -4.75. The Hall–Kier alpha value is -1.02. The van der Waals surface area contributed by atoms with Gasteiger partial charge in [0.1, 0.15) is 5.92 Å². The Morgan fingerprint density at radius 1 is 1.50 bits per heavy atom. The number of oxime groups is 1. The lowest BCUT2D eigenvalue weighted by Crippen LogP contribution is -2.44. The van der Waals surface area contributed by atoms with Crippen molar-refractivity contribution in [2.75, 3.05) is 20.2 Å². The van der Waals surface area contributed by atoms with Gasteiger partial charge in [0, 0.05) is 20.2 Å². The van der Waals surface area contributed by atoms with Crippen LogP contribution in [0, 0.1) is 5.92 Å². The van der Waals surface area contributed by atoms with E-state index in [1.807, 2.05) is 0 Å². The van der Waals surface area contributed by atoms with Crippen LogP contribution in [0.1, 0.15) is 6.92 Å². The highest BCUT2D eigenvalue weighted by Crippen LogP contribution is 2.25. The monoisotopic (exact) mass is 243 g/mol. The van der Waals surface area contributed by atoms with Gasteiger partial charge in [-0.05, 0) is 6.92 Å². The lowest BCUT2D eigenvalue weighted by Gasteiger charge is -2.20. The van der Waals surface area contributed by atoms with Crippen molar-refractivity contribution < 1.29 is 23.1 Å². The smallest absolute Gasteiger partial charge is 0.400 e. The highest BCUT2D eigenvalue weighted by atomic mass is 19.4. The molecular formula is C8H16F3N3O2. The van der Waals surface area contributed by atoms with Crippen molar-refractivity contribution in [3.63, 3.8) is 0 Å². The zero-order valence-electron chi connectivity index (χ0n) is 9.08. The largest absolute Gasteiger partial charge is 0.409 e. The van der Waals surface area contributed by atoms with Crippen LogP contribution in [-0.2, 0) is 4.74 Å². The fourth-order valence-corrected chi connectivity index (χ4v) is 0.972. The van der Waals surface area contributed by atoms with Crippen molar-refractivity contribution in [1.82, 2.24) is 5.32 Å². The molecule has 16 heavy (non-hydrogen) atoms. The summed E-state index contributed by atoms with van der Waals surface area (Å²) < 4.78 is 42.1. The second-order valence-corrected chi connectivity index (χ2v) is 3.32. The van der Waals surface area contributed by atoms with Crippen molar-refractivity contribution >= 4 is 5.84 Å². The van der Waals surface area contributed by atoms with Gasteiger partial charge >= 0.3 is 6.18 Å². The van der Waals surface area contributed by atoms with Gasteiger partial charge in [0.15, 0.2) is 5.84 Å². The third-order valence-electron chi connectivity index (χ3n) is 2.05. The average molecular weight is 243 g/mol. The van der Waals surface area contributed by atoms with Gasteiger partial charge < -0.3 is 21.0 Å². The highest BCUT2D eigenvalue weighted by Gasteiger charge is 2.42. The van der Waals surface area contributed by atoms with E-state index in [4.69, 9.17) is 15.7 Å². The molecule has 96 valence electrons. The lowest BCUT2D eigenvalue weighted by atomic mass is 10.1. The molecule has 0 aliphatic carbocycles. The second-order valence-electron chi connectivity index (χ2n) is 3.32. The maximum Gasteiger partial charge on any atom is 0.400 e. The van der Waals surface area contributed by atoms with E-state index in [0.717, 1.165) is 0 Å². The Morgan fingerprint density at radius 3 is 2.44 bits per heavy atom. The molecule has 0 aliphatic heterocycles. The minimum atomic E-state index is -4.54. The van der Waals surface area contributed by atoms with Crippen molar-refractivity contribution in [2.24, 2.45) is 16.8 Å². The van der Waals surface area contributed by atoms with Gasteiger partial charge in [-0.1, -0.05) is 5.16 Å². The first-order valence-corrected chi connectivity index (χ1v) is 4.60. The molecule has 0 heterocycles. The van der Waals surface area contributed by atoms with Gasteiger partial charge in [0.05, 0.1) is 6.10 Å². The SMILES string of the molecule is COC(C)CNCC(C(N)=NO)C(F)(F)F. The number of nitrogens with one attached hydrogen (secondary N) is 1. The van der Waals surface area contributed by atoms with E-state index >= 15 is 0 Å². The standard InChI is InChI=1S/C8H16F3N3O2/c1-5(16-2)3-13-4-6(7(12)14-15)8(9,10)11/h5-6,13,15H,3-4H2,1-2H3,(H2,12,14). The Morgan fingerprint density at radius 2 is 2.06 bits per heavy atom. The fraction of sp³-hybridized carbons (Fsp3) is 0.875. The third kappa shape index (κ3) is 5.17. The fourth-order valence-electron chi connectivity index (χ4n) is 0.972. The Balaban J connectivity index is 4.25. The predicted molar refractivity (Wildman–Crippen MR) is 52.3 cm³/mol. The van der Waals surface area contributed by atoms with Gasteiger partial charge in [-0.15, -0.1) is 0 Å². The van der Waals surface area contributed by atoms with Crippen LogP contribution in [0.4, 0.5) is 13.2 Å². The number of nitrogens with two attached hydrogens (primary N) is 1. The third-order valence-corrected chi connectivity index (χ3v) is 2.05. The summed E-state index contributed by atoms with van der Waals surface area (Å²) >= 11 is 0. The van der Waals surface area contributed by atoms with Gasteiger partial charge in [-0.2, -0.15) is 13.2 Å². The molecule has 0 fully saturated rings. The van der Waals surface area contributed by atoms with Crippen LogP contribution in [0.15, 0.2) is 5.16 Å². The molecule has 0 aliphatic rings. The number of hydrogen-bond donors (Lipinski definition) is 3. The van der Waals surface area contributed by atoms with E-state index in [0.29, 0.717) is 0 Å². The van der Waals surface area contributed by atoms with Gasteiger partial charge in [0.25, 0.3) is 0 Å². The molecule has 0 saturated carbocycles. The van der Waals surface area contributed by atoms with Crippen LogP contribution in [0.25, 0.3) is 0 Å². The maximum absolute atomic E-state index is 12.4. The molecule has 2 atom stereocenters. The van der Waals surface area contributed by atoms with E-state index in [9.17, 15) is 13.2 Å². The zero-order valence-corrected chi connectivity index (χ0v) is 9.08. The summed E-state index contributed by atoms with van der Waals surface area (Å²) in [6.45, 7) is 1.51. The number of methoxy groups -OCH3 is 1. The molecule has 8 heteroatoms. The molecule has 0 radical (unpaired) electrons. The topological polar surface area (TPSA) is 79.9 Å². The first-order chi connectivity index (χ1) is 7.32. The van der Waals surface area contributed by atoms with E-state index in [1.165, 1.54) is 7.11 Å². The van der Waals surface area contributed by atoms with Crippen molar-refractivity contribution in [3.8, 4) is 0 Å². The van der Waals surface area contributed by atoms with Crippen molar-refractivity contribution in [1.29, 1.82) is 0 Å². The number of amidine groups is 1. The van der Waals surface area contributed by atoms with Gasteiger partial charge in [0.2, 0.25) is 0 Å². The van der Waals surface area contributed by atoms with E-state index in [2.05, 4.69) is 10.5 Å². The van der Waals surface area contributed by atoms with E-state index < -0.39 is 24.5 Å². The normalized spacial score (nSPS) is 17.2. The molecule has 0 saturated heterocycles. The number of ether oxygens (including phenoxy) is 1. The Kier molecular flexibility index (Phi) is 6.12. The van der Waals surface area contributed by atoms with Crippen LogP contribution in [0.3, 0.4) is 0 Å². The van der Waals surface area contributed by atoms with Crippen molar-refractivity contribution in [3.05, 3.63) is 0 Å². The molecule has 2 unspecified atom stereocenters. The van der Waals surface area contributed by atoms with Gasteiger partial charge in [-0.3, -0.25) is 0 Å². The molecule has 0 rings (SSSR count). The summed E-state index contributed by atoms with van der Waals surface area (Å²) in [6, 6.07) is 0. The van der Waals surface area contributed by atoms with Crippen LogP contribution < -0.4 is 11.1 Å². The number of halogens is 3. The molecule has 5 nitrogen and oxygen atoms in total. The zero-order chi connectivity index (χ0) is 12.8. The molecule has 0 amide bonds. The van der Waals surface area contributed by atoms with Crippen LogP contribution in [0.2, 0.25) is 0 Å². The Labute approximate surface area is 91.4 Å². The van der Waals surface area contributed by atoms with Gasteiger partial charge in [-0.25, -0.2) is 0 Å². The summed E-state index contributed by atoms with van der Waals surface area (Å²) in [5.74, 6) is -2.85. The molecular weight excluding hydrogens is 227 g/mol. The molecule has 0 aromatic carbocycles. The Bertz CT molecular complexity index is 233. The van der Waals surface area contributed by atoms with E-state index in [-0.39, 0.29) is 12.6 Å². The van der Waals surface area contributed by atoms with Crippen LogP contribution in [0.5, 0.6) is 0 Å². The van der Waals surface area contributed by atoms with E-state index in [1.54, 1.807) is 6.92 Å². The quantitative estimate of drug-likeness (QED) is 0.275. The molecule has 0 aromatic heterocycles. The maximum atomic E-state index is 12.4. The number of nitrogens with zero attached hydrogens (tertiary/aromatic N) is 1. The van der Waals surface area contributed by atoms with Crippen LogP contribution in [-0.4, -0.2) is 43.5 Å². The summed E-state index contributed by atoms with van der Waals surface area (Å²) in [4.78, 5) is 0. The van der Waals surface area contributed by atoms with Crippen molar-refractivity contribution in [2.45, 2.75) is 19.2 Å². The summed E-state index contributed by atoms with van der Waals surface area (Å²) in [5.41, 5.74) is 4.96. The molecule has 0 spiro atoms. The summed E-state index contributed by atoms with van der Waals surface area (Å²) in [5, 5.41) is 13.2. The number of hydrogen-bond acceptors (Lipinski definition) is 4. The molecule has 0 bridgehead atoms. The number of rotatable bonds is 6. The molecule has 4 N–H and O–H groups in total. The minimum absolute atomic E-state index is 0.207. The first kappa shape index (κ1) is 15.0. The number of alkyl halides is 3. The first-order valence-electron chi connectivity index (χ1n) is 4.60. The predicted octanol–water partition coefficient (Wildman–Crippen LogP) is 0.536. The second kappa shape index (κ2) is 6.54. The average Bonchev–Trinajstić information content (AvgIpc) is 2.21. The molecule has 0 aromatic rings. The minimum Gasteiger partial charge on any atom is -0.409 e.